The van der Waals surface area contributed by atoms with Gasteiger partial charge in [0.1, 0.15) is 11.9 Å². The van der Waals surface area contributed by atoms with Gasteiger partial charge >= 0.3 is 0 Å². The Morgan fingerprint density at radius 1 is 1.10 bits per heavy atom. The average Bonchev–Trinajstić information content (AvgIpc) is 3.88. The minimum Gasteiger partial charge on any atom is -0.385 e. The maximum Gasteiger partial charge on any atom is 0.165 e. The number of fused-ring (bicyclic) bond motifs is 3. The van der Waals surface area contributed by atoms with Crippen molar-refractivity contribution < 1.29 is 13.9 Å². The standard InChI is InChI=1S/C40H44ClF2N5OS/c1-24(42)16-30-10-12-34(46-30)36-35-17-25(6-3-2-4-8-31-26-18-27(31)21-40(49,20-26)28-7-5-13-44-22-28)23-48(35)38(39-45-14-15-50-39)47-37(36)32-11-9-29(43)19-33(32)41/h5,7,9-15,19,22,24-27,30-31,37,49H,2-4,6,8,16-18,20-21,23H2,1H3/t24?,25?,26?,27?,30?,31?,37-,40?/m0/s1. The van der Waals surface area contributed by atoms with Crippen LogP contribution in [0.15, 0.2) is 87.7 Å². The van der Waals surface area contributed by atoms with E-state index in [9.17, 15) is 13.9 Å². The molecule has 5 heterocycles. The van der Waals surface area contributed by atoms with E-state index in [4.69, 9.17) is 21.6 Å². The lowest BCUT2D eigenvalue weighted by Gasteiger charge is -2.56. The zero-order valence-corrected chi connectivity index (χ0v) is 30.0. The van der Waals surface area contributed by atoms with E-state index in [0.717, 1.165) is 77.8 Å². The van der Waals surface area contributed by atoms with Crippen LogP contribution < -0.4 is 0 Å². The number of benzene rings is 1. The summed E-state index contributed by atoms with van der Waals surface area (Å²) in [6.45, 7) is 2.42. The van der Waals surface area contributed by atoms with E-state index < -0.39 is 23.6 Å². The number of aliphatic imine (C=N–C) groups is 2. The Kier molecular flexibility index (Phi) is 9.50. The largest absolute Gasteiger partial charge is 0.385 e. The van der Waals surface area contributed by atoms with Gasteiger partial charge in [-0.15, -0.1) is 11.3 Å². The quantitative estimate of drug-likeness (QED) is 0.190. The molecule has 1 aromatic carbocycles. The average molecular weight is 716 g/mol. The van der Waals surface area contributed by atoms with E-state index in [1.54, 1.807) is 36.7 Å². The lowest BCUT2D eigenvalue weighted by molar-refractivity contribution is -0.133. The Morgan fingerprint density at radius 2 is 1.94 bits per heavy atom. The van der Waals surface area contributed by atoms with Crippen molar-refractivity contribution in [3.63, 3.8) is 0 Å². The Morgan fingerprint density at radius 3 is 2.68 bits per heavy atom. The van der Waals surface area contributed by atoms with Crippen molar-refractivity contribution in [1.82, 2.24) is 14.9 Å². The number of aromatic nitrogens is 2. The molecular weight excluding hydrogens is 672 g/mol. The van der Waals surface area contributed by atoms with Crippen LogP contribution in [-0.4, -0.2) is 50.3 Å². The maximum atomic E-state index is 14.2. The first-order chi connectivity index (χ1) is 24.3. The second-order valence-electron chi connectivity index (χ2n) is 15.1. The first kappa shape index (κ1) is 33.9. The molecule has 6 atom stereocenters. The van der Waals surface area contributed by atoms with Crippen molar-refractivity contribution in [2.75, 3.05) is 6.54 Å². The van der Waals surface area contributed by atoms with E-state index in [1.165, 1.54) is 43.5 Å². The summed E-state index contributed by atoms with van der Waals surface area (Å²) in [4.78, 5) is 21.5. The van der Waals surface area contributed by atoms with Gasteiger partial charge in [0, 0.05) is 64.4 Å². The van der Waals surface area contributed by atoms with Gasteiger partial charge in [0.25, 0.3) is 0 Å². The Balaban J connectivity index is 0.970. The third-order valence-corrected chi connectivity index (χ3v) is 12.8. The van der Waals surface area contributed by atoms with E-state index in [1.807, 2.05) is 35.9 Å². The van der Waals surface area contributed by atoms with Gasteiger partial charge in [-0.05, 0) is 93.4 Å². The fourth-order valence-electron chi connectivity index (χ4n) is 9.41. The lowest BCUT2D eigenvalue weighted by atomic mass is 9.51. The zero-order valence-electron chi connectivity index (χ0n) is 28.4. The molecule has 0 radical (unpaired) electrons. The number of pyridine rings is 1. The Labute approximate surface area is 302 Å². The third-order valence-electron chi connectivity index (χ3n) is 11.7. The maximum absolute atomic E-state index is 14.2. The van der Waals surface area contributed by atoms with E-state index in [-0.39, 0.29) is 6.04 Å². The summed E-state index contributed by atoms with van der Waals surface area (Å²) in [5.74, 6) is 2.83. The van der Waals surface area contributed by atoms with Crippen molar-refractivity contribution in [2.24, 2.45) is 33.7 Å². The van der Waals surface area contributed by atoms with Gasteiger partial charge in [0.15, 0.2) is 10.8 Å². The normalized spacial score (nSPS) is 30.6. The molecule has 1 saturated heterocycles. The van der Waals surface area contributed by atoms with E-state index in [2.05, 4.69) is 14.9 Å². The topological polar surface area (TPSA) is 74.0 Å². The van der Waals surface area contributed by atoms with Gasteiger partial charge in [0.05, 0.1) is 23.5 Å². The molecule has 6 nitrogen and oxygen atoms in total. The van der Waals surface area contributed by atoms with E-state index in [0.29, 0.717) is 29.2 Å². The van der Waals surface area contributed by atoms with Gasteiger partial charge in [-0.2, -0.15) is 0 Å². The van der Waals surface area contributed by atoms with Crippen molar-refractivity contribution in [3.8, 4) is 0 Å². The summed E-state index contributed by atoms with van der Waals surface area (Å²) in [6, 6.07) is 7.75. The van der Waals surface area contributed by atoms with Gasteiger partial charge in [-0.1, -0.05) is 49.1 Å². The van der Waals surface area contributed by atoms with E-state index >= 15 is 0 Å². The monoisotopic (exact) mass is 715 g/mol. The number of hydrogen-bond acceptors (Lipinski definition) is 7. The van der Waals surface area contributed by atoms with Crippen molar-refractivity contribution in [1.29, 1.82) is 0 Å². The highest BCUT2D eigenvalue weighted by Gasteiger charge is 2.53. The molecule has 6 aliphatic rings. The van der Waals surface area contributed by atoms with Crippen LogP contribution in [0.2, 0.25) is 5.02 Å². The molecule has 5 unspecified atom stereocenters. The number of rotatable bonds is 12. The summed E-state index contributed by atoms with van der Waals surface area (Å²) in [7, 11) is 0. The molecule has 3 aliphatic heterocycles. The fraction of sp³-hybridized carbons (Fsp3) is 0.500. The predicted octanol–water partition coefficient (Wildman–Crippen LogP) is 9.42. The highest BCUT2D eigenvalue weighted by atomic mass is 35.5. The fourth-order valence-corrected chi connectivity index (χ4v) is 10.3. The molecule has 3 aliphatic carbocycles. The summed E-state index contributed by atoms with van der Waals surface area (Å²) in [5, 5.41) is 14.5. The van der Waals surface area contributed by atoms with Crippen LogP contribution in [-0.2, 0) is 5.60 Å². The number of thiazole rings is 1. The van der Waals surface area contributed by atoms with Crippen LogP contribution in [0.25, 0.3) is 0 Å². The number of aliphatic hydroxyl groups is 1. The summed E-state index contributed by atoms with van der Waals surface area (Å²) in [6.07, 6.45) is 18.6. The van der Waals surface area contributed by atoms with Crippen LogP contribution in [0.4, 0.5) is 8.78 Å². The first-order valence-electron chi connectivity index (χ1n) is 18.2. The number of unbranched alkanes of at least 4 members (excludes halogenated alkanes) is 2. The lowest BCUT2D eigenvalue weighted by Crippen LogP contribution is -2.50. The summed E-state index contributed by atoms with van der Waals surface area (Å²) >= 11 is 8.26. The zero-order chi connectivity index (χ0) is 34.4. The summed E-state index contributed by atoms with van der Waals surface area (Å²) in [5.41, 5.74) is 3.94. The molecule has 0 spiro atoms. The molecule has 262 valence electrons. The molecule has 3 aromatic rings. The van der Waals surface area contributed by atoms with Gasteiger partial charge < -0.3 is 10.0 Å². The SMILES string of the molecule is CC(F)CC1C=CC(C2=C3CC(CCCCCC4C5CC4CC(O)(c4cccnc4)C5)CN3C(c3nccs3)=N[C@H]2c2ccc(F)cc2Cl)=N1. The van der Waals surface area contributed by atoms with Gasteiger partial charge in [-0.25, -0.2) is 13.8 Å². The van der Waals surface area contributed by atoms with Gasteiger partial charge in [0.2, 0.25) is 0 Å². The van der Waals surface area contributed by atoms with Crippen LogP contribution in [0.5, 0.6) is 0 Å². The molecule has 1 N–H and O–H groups in total. The van der Waals surface area contributed by atoms with Crippen LogP contribution in [0, 0.1) is 29.5 Å². The molecule has 0 amide bonds. The Hall–Kier alpha value is -3.27. The molecule has 3 saturated carbocycles. The van der Waals surface area contributed by atoms with Crippen molar-refractivity contribution in [2.45, 2.75) is 95.0 Å². The smallest absolute Gasteiger partial charge is 0.165 e. The number of alkyl halides is 1. The van der Waals surface area contributed by atoms with Crippen LogP contribution in [0.1, 0.15) is 93.3 Å². The molecule has 50 heavy (non-hydrogen) atoms. The van der Waals surface area contributed by atoms with Crippen LogP contribution in [0.3, 0.4) is 0 Å². The van der Waals surface area contributed by atoms with Crippen LogP contribution >= 0.6 is 22.9 Å². The highest BCUT2D eigenvalue weighted by Crippen LogP contribution is 2.58. The second kappa shape index (κ2) is 14.0. The minimum atomic E-state index is -0.958. The molecule has 2 bridgehead atoms. The molecule has 4 fully saturated rings. The van der Waals surface area contributed by atoms with Gasteiger partial charge in [-0.3, -0.25) is 15.0 Å². The molecule has 2 aromatic heterocycles. The molecule has 10 heteroatoms. The van der Waals surface area contributed by atoms with Crippen molar-refractivity contribution >= 4 is 34.5 Å². The highest BCUT2D eigenvalue weighted by molar-refractivity contribution is 7.11. The number of hydrogen-bond donors (Lipinski definition) is 1. The molecule has 9 rings (SSSR count). The predicted molar refractivity (Wildman–Crippen MR) is 196 cm³/mol. The second-order valence-corrected chi connectivity index (χ2v) is 16.4. The summed E-state index contributed by atoms with van der Waals surface area (Å²) < 4.78 is 28.2. The third kappa shape index (κ3) is 6.61. The number of halogens is 3. The first-order valence-corrected chi connectivity index (χ1v) is 19.5. The number of amidine groups is 1. The van der Waals surface area contributed by atoms with Crippen molar-refractivity contribution in [3.05, 3.63) is 105 Å². The molecular formula is C40H44ClF2N5OS. The minimum absolute atomic E-state index is 0.225. The Bertz CT molecular complexity index is 1810. The number of nitrogens with zero attached hydrogens (tertiary/aromatic N) is 5. The number of allylic oxidation sites excluding steroid dienone is 2.